The summed E-state index contributed by atoms with van der Waals surface area (Å²) in [4.78, 5) is 0. The molecule has 0 fully saturated rings. The zero-order valence-electron chi connectivity index (χ0n) is 6.19. The second-order valence-corrected chi connectivity index (χ2v) is 3.59. The van der Waals surface area contributed by atoms with E-state index in [1.165, 1.54) is 6.07 Å². The Bertz CT molecular complexity index is 290. The Morgan fingerprint density at radius 2 is 2.25 bits per heavy atom. The summed E-state index contributed by atoms with van der Waals surface area (Å²) in [6, 6.07) is 4.59. The molecular formula is C7H8AsNO3. The molecule has 1 rings (SSSR count). The van der Waals surface area contributed by atoms with Gasteiger partial charge in [0.1, 0.15) is 0 Å². The van der Waals surface area contributed by atoms with Gasteiger partial charge in [0, 0.05) is 0 Å². The van der Waals surface area contributed by atoms with E-state index in [0.717, 1.165) is 0 Å². The Labute approximate surface area is 76.1 Å². The molecule has 0 atom stereocenters. The van der Waals surface area contributed by atoms with E-state index < -0.39 is 15.7 Å². The fourth-order valence-corrected chi connectivity index (χ4v) is 1.47. The summed E-state index contributed by atoms with van der Waals surface area (Å²) in [6.45, 7) is -0.258. The van der Waals surface area contributed by atoms with Crippen molar-refractivity contribution in [1.29, 1.82) is 0 Å². The molecule has 3 N–H and O–H groups in total. The summed E-state index contributed by atoms with van der Waals surface area (Å²) in [7, 11) is 0. The third-order valence-corrected chi connectivity index (χ3v) is 2.38. The first-order valence-corrected chi connectivity index (χ1v) is 4.99. The normalized spacial score (nSPS) is 10.1. The number of aliphatic hydroxyl groups is 1. The van der Waals surface area contributed by atoms with Crippen LogP contribution in [0, 0.1) is 0 Å². The van der Waals surface area contributed by atoms with Crippen LogP contribution in [0.25, 0.3) is 0 Å². The van der Waals surface area contributed by atoms with Crippen molar-refractivity contribution in [2.75, 3.05) is 12.0 Å². The topological polar surface area (TPSA) is 69.6 Å². The molecule has 0 amide bonds. The van der Waals surface area contributed by atoms with E-state index in [4.69, 9.17) is 5.11 Å². The van der Waals surface area contributed by atoms with Gasteiger partial charge in [0.25, 0.3) is 0 Å². The average Bonchev–Trinajstić information content (AvgIpc) is 2.09. The van der Waals surface area contributed by atoms with Crippen LogP contribution in [-0.4, -0.2) is 32.6 Å². The van der Waals surface area contributed by atoms with Gasteiger partial charge in [-0.3, -0.25) is 0 Å². The van der Waals surface area contributed by atoms with E-state index in [-0.39, 0.29) is 12.5 Å². The number of benzene rings is 1. The molecule has 0 unspecified atom stereocenters. The van der Waals surface area contributed by atoms with Crippen molar-refractivity contribution in [1.82, 2.24) is 0 Å². The van der Waals surface area contributed by atoms with Crippen molar-refractivity contribution >= 4 is 25.7 Å². The fourth-order valence-electron chi connectivity index (χ4n) is 0.808. The zero-order chi connectivity index (χ0) is 8.97. The molecule has 4 nitrogen and oxygen atoms in total. The van der Waals surface area contributed by atoms with Crippen molar-refractivity contribution in [2.45, 2.75) is 0 Å². The van der Waals surface area contributed by atoms with Crippen LogP contribution in [0.1, 0.15) is 0 Å². The molecule has 5 heteroatoms. The quantitative estimate of drug-likeness (QED) is 0.369. The van der Waals surface area contributed by atoms with E-state index in [9.17, 15) is 8.85 Å². The minimum atomic E-state index is -1.08. The summed E-state index contributed by atoms with van der Waals surface area (Å²) >= 11 is -1.08. The number of phenolic OH excluding ortho intramolecular Hbond substituents is 1. The maximum absolute atomic E-state index is 10.5. The molecule has 0 radical (unpaired) electrons. The Hall–Kier alpha value is -0.862. The third kappa shape index (κ3) is 2.06. The molecular weight excluding hydrogens is 221 g/mol. The number of hydrogen-bond donors (Lipinski definition) is 3. The van der Waals surface area contributed by atoms with Gasteiger partial charge >= 0.3 is 75.7 Å². The van der Waals surface area contributed by atoms with Gasteiger partial charge in [0.05, 0.1) is 0 Å². The van der Waals surface area contributed by atoms with E-state index in [0.29, 0.717) is 10.0 Å². The SMILES string of the molecule is O=[As]c1ccc(O)c(NCO)c1. The van der Waals surface area contributed by atoms with Crippen LogP contribution in [-0.2, 0) is 3.74 Å². The van der Waals surface area contributed by atoms with E-state index in [1.54, 1.807) is 12.1 Å². The van der Waals surface area contributed by atoms with Crippen LogP contribution in [0.5, 0.6) is 5.75 Å². The number of aliphatic hydroxyl groups excluding tert-OH is 1. The second kappa shape index (κ2) is 4.24. The zero-order valence-corrected chi connectivity index (χ0v) is 8.07. The van der Waals surface area contributed by atoms with Gasteiger partial charge in [-0.15, -0.1) is 0 Å². The van der Waals surface area contributed by atoms with Crippen LogP contribution in [0.3, 0.4) is 0 Å². The van der Waals surface area contributed by atoms with Gasteiger partial charge in [-0.2, -0.15) is 0 Å². The van der Waals surface area contributed by atoms with Crippen molar-refractivity contribution in [3.8, 4) is 5.75 Å². The van der Waals surface area contributed by atoms with Gasteiger partial charge in [-0.05, 0) is 0 Å². The molecule has 0 saturated heterocycles. The number of aromatic hydroxyl groups is 1. The Morgan fingerprint density at radius 3 is 2.83 bits per heavy atom. The van der Waals surface area contributed by atoms with E-state index in [1.807, 2.05) is 0 Å². The molecule has 0 spiro atoms. The molecule has 64 valence electrons. The summed E-state index contributed by atoms with van der Waals surface area (Å²) in [5.74, 6) is 0.0439. The molecule has 0 saturated carbocycles. The number of rotatable bonds is 3. The van der Waals surface area contributed by atoms with Gasteiger partial charge < -0.3 is 0 Å². The summed E-state index contributed by atoms with van der Waals surface area (Å²) in [5.41, 5.74) is 0.404. The second-order valence-electron chi connectivity index (χ2n) is 2.13. The summed E-state index contributed by atoms with van der Waals surface area (Å²) in [5, 5.41) is 20.2. The molecule has 0 aliphatic heterocycles. The summed E-state index contributed by atoms with van der Waals surface area (Å²) < 4.78 is 11.2. The predicted molar refractivity (Wildman–Crippen MR) is 44.9 cm³/mol. The van der Waals surface area contributed by atoms with Crippen LogP contribution < -0.4 is 9.67 Å². The van der Waals surface area contributed by atoms with Crippen molar-refractivity contribution in [3.63, 3.8) is 0 Å². The predicted octanol–water partition coefficient (Wildman–Crippen LogP) is -0.571. The molecule has 12 heavy (non-hydrogen) atoms. The third-order valence-electron chi connectivity index (χ3n) is 1.36. The van der Waals surface area contributed by atoms with Crippen LogP contribution in [0.2, 0.25) is 0 Å². The van der Waals surface area contributed by atoms with Crippen molar-refractivity contribution < 1.29 is 14.0 Å². The fraction of sp³-hybridized carbons (Fsp3) is 0.143. The van der Waals surface area contributed by atoms with Crippen LogP contribution in [0.15, 0.2) is 18.2 Å². The van der Waals surface area contributed by atoms with Crippen LogP contribution >= 0.6 is 0 Å². The van der Waals surface area contributed by atoms with Crippen molar-refractivity contribution in [3.05, 3.63) is 18.2 Å². The first-order valence-electron chi connectivity index (χ1n) is 3.29. The first kappa shape index (κ1) is 9.23. The molecule has 1 aromatic rings. The molecule has 1 aromatic carbocycles. The van der Waals surface area contributed by atoms with E-state index >= 15 is 0 Å². The molecule has 0 aliphatic carbocycles. The Balaban J connectivity index is 2.99. The van der Waals surface area contributed by atoms with Gasteiger partial charge in [0.2, 0.25) is 0 Å². The molecule has 0 aliphatic rings. The number of nitrogens with one attached hydrogen (secondary N) is 1. The van der Waals surface area contributed by atoms with Gasteiger partial charge in [-0.1, -0.05) is 0 Å². The molecule has 0 heterocycles. The Kier molecular flexibility index (Phi) is 3.26. The number of anilines is 1. The monoisotopic (exact) mass is 229 g/mol. The average molecular weight is 229 g/mol. The van der Waals surface area contributed by atoms with E-state index in [2.05, 4.69) is 5.32 Å². The molecule has 0 aromatic heterocycles. The van der Waals surface area contributed by atoms with Gasteiger partial charge in [-0.25, -0.2) is 0 Å². The maximum atomic E-state index is 10.5. The Morgan fingerprint density at radius 1 is 1.50 bits per heavy atom. The van der Waals surface area contributed by atoms with Crippen LogP contribution in [0.4, 0.5) is 5.69 Å². The van der Waals surface area contributed by atoms with Crippen molar-refractivity contribution in [2.24, 2.45) is 0 Å². The first-order chi connectivity index (χ1) is 5.77. The summed E-state index contributed by atoms with van der Waals surface area (Å²) in [6.07, 6.45) is 0. The van der Waals surface area contributed by atoms with Gasteiger partial charge in [0.15, 0.2) is 0 Å². The molecule has 0 bridgehead atoms. The standard InChI is InChI=1S/C7H8AsNO3/c10-4-9-6-3-5(8-12)1-2-7(6)11/h1-3,9-11H,4H2. The minimum absolute atomic E-state index is 0.0439. The number of hydrogen-bond acceptors (Lipinski definition) is 4. The number of phenols is 1.